The fraction of sp³-hybridized carbons (Fsp3) is 0.296. The maximum absolute atomic E-state index is 5.78. The van der Waals surface area contributed by atoms with Gasteiger partial charge in [0.05, 0.1) is 19.3 Å². The van der Waals surface area contributed by atoms with Gasteiger partial charge in [0.25, 0.3) is 0 Å². The Kier molecular flexibility index (Phi) is 6.17. The van der Waals surface area contributed by atoms with Gasteiger partial charge < -0.3 is 9.15 Å². The van der Waals surface area contributed by atoms with Crippen molar-refractivity contribution in [2.24, 2.45) is 0 Å². The summed E-state index contributed by atoms with van der Waals surface area (Å²) in [6.45, 7) is 4.87. The number of furan rings is 1. The molecule has 6 heteroatoms. The molecule has 0 amide bonds. The summed E-state index contributed by atoms with van der Waals surface area (Å²) in [4.78, 5) is 16.4. The summed E-state index contributed by atoms with van der Waals surface area (Å²) in [5.74, 6) is 3.94. The summed E-state index contributed by atoms with van der Waals surface area (Å²) in [5.41, 5.74) is 4.25. The van der Waals surface area contributed by atoms with Gasteiger partial charge in [-0.3, -0.25) is 9.88 Å². The van der Waals surface area contributed by atoms with Crippen LogP contribution in [0.25, 0.3) is 22.5 Å². The Morgan fingerprint density at radius 3 is 2.58 bits per heavy atom. The highest BCUT2D eigenvalue weighted by molar-refractivity contribution is 5.69. The predicted octanol–water partition coefficient (Wildman–Crippen LogP) is 5.50. The van der Waals surface area contributed by atoms with Crippen LogP contribution in [0.1, 0.15) is 36.0 Å². The Labute approximate surface area is 194 Å². The lowest BCUT2D eigenvalue weighted by atomic mass is 9.88. The smallest absolute Gasteiger partial charge is 0.159 e. The molecule has 0 bridgehead atoms. The molecule has 0 aliphatic carbocycles. The van der Waals surface area contributed by atoms with Crippen molar-refractivity contribution in [2.75, 3.05) is 20.2 Å². The molecule has 0 N–H and O–H groups in total. The Morgan fingerprint density at radius 2 is 1.85 bits per heavy atom. The number of aryl methyl sites for hydroxylation is 1. The summed E-state index contributed by atoms with van der Waals surface area (Å²) >= 11 is 0. The van der Waals surface area contributed by atoms with E-state index in [0.29, 0.717) is 5.92 Å². The molecule has 0 atom stereocenters. The highest BCUT2D eigenvalue weighted by Crippen LogP contribution is 2.36. The molecule has 1 saturated heterocycles. The summed E-state index contributed by atoms with van der Waals surface area (Å²) in [6, 6.07) is 16.2. The number of benzene rings is 1. The average Bonchev–Trinajstić information content (AvgIpc) is 3.29. The van der Waals surface area contributed by atoms with E-state index in [1.807, 2.05) is 43.5 Å². The molecule has 1 aliphatic rings. The maximum Gasteiger partial charge on any atom is 0.159 e. The van der Waals surface area contributed by atoms with Crippen LogP contribution in [0.4, 0.5) is 0 Å². The quantitative estimate of drug-likeness (QED) is 0.395. The van der Waals surface area contributed by atoms with Gasteiger partial charge in [-0.25, -0.2) is 9.97 Å². The molecule has 4 heterocycles. The number of aromatic nitrogens is 3. The second-order valence-corrected chi connectivity index (χ2v) is 8.52. The second-order valence-electron chi connectivity index (χ2n) is 8.52. The maximum atomic E-state index is 5.78. The molecular weight excluding hydrogens is 412 g/mol. The molecule has 0 radical (unpaired) electrons. The van der Waals surface area contributed by atoms with E-state index in [2.05, 4.69) is 28.1 Å². The van der Waals surface area contributed by atoms with Crippen LogP contribution in [-0.4, -0.2) is 40.1 Å². The summed E-state index contributed by atoms with van der Waals surface area (Å²) in [5, 5.41) is 0. The highest BCUT2D eigenvalue weighted by Gasteiger charge is 2.26. The van der Waals surface area contributed by atoms with Gasteiger partial charge in [0.15, 0.2) is 5.82 Å². The van der Waals surface area contributed by atoms with Gasteiger partial charge in [-0.05, 0) is 74.8 Å². The number of hydrogen-bond donors (Lipinski definition) is 0. The predicted molar refractivity (Wildman–Crippen MR) is 128 cm³/mol. The topological polar surface area (TPSA) is 64.3 Å². The Morgan fingerprint density at radius 1 is 1.03 bits per heavy atom. The van der Waals surface area contributed by atoms with E-state index in [1.54, 1.807) is 19.5 Å². The molecule has 4 aromatic rings. The minimum absolute atomic E-state index is 0.365. The van der Waals surface area contributed by atoms with Crippen molar-refractivity contribution in [3.8, 4) is 28.3 Å². The zero-order valence-electron chi connectivity index (χ0n) is 19.1. The zero-order chi connectivity index (χ0) is 22.6. The molecule has 1 aromatic carbocycles. The van der Waals surface area contributed by atoms with Crippen molar-refractivity contribution in [2.45, 2.75) is 32.2 Å². The van der Waals surface area contributed by atoms with Gasteiger partial charge in [-0.15, -0.1) is 0 Å². The lowest BCUT2D eigenvalue weighted by Crippen LogP contribution is -2.32. The van der Waals surface area contributed by atoms with Crippen LogP contribution < -0.4 is 4.74 Å². The SMILES string of the molecule is COc1cccc(-c2cnc(-c3ccncc3)nc2C2CCN(Cc3ccc(C)o3)CC2)c1. The number of ether oxygens (including phenoxy) is 1. The number of likely N-dealkylation sites (tertiary alicyclic amines) is 1. The molecule has 1 fully saturated rings. The number of nitrogens with zero attached hydrogens (tertiary/aromatic N) is 4. The first-order chi connectivity index (χ1) is 16.2. The lowest BCUT2D eigenvalue weighted by molar-refractivity contribution is 0.189. The molecule has 0 unspecified atom stereocenters. The molecule has 6 nitrogen and oxygen atoms in total. The van der Waals surface area contributed by atoms with Gasteiger partial charge in [0.2, 0.25) is 0 Å². The fourth-order valence-corrected chi connectivity index (χ4v) is 4.51. The van der Waals surface area contributed by atoms with Crippen molar-refractivity contribution >= 4 is 0 Å². The van der Waals surface area contributed by atoms with Crippen molar-refractivity contribution in [1.82, 2.24) is 19.9 Å². The normalized spacial score (nSPS) is 15.0. The Balaban J connectivity index is 1.44. The third-order valence-corrected chi connectivity index (χ3v) is 6.29. The standard InChI is InChI=1S/C27H28N4O2/c1-19-6-7-24(33-19)18-31-14-10-20(11-15-31)26-25(22-4-3-5-23(16-22)32-2)17-29-27(30-26)21-8-12-28-13-9-21/h3-9,12-13,16-17,20H,10-11,14-15,18H2,1-2H3. The van der Waals surface area contributed by atoms with Crippen molar-refractivity contribution < 1.29 is 9.15 Å². The van der Waals surface area contributed by atoms with Crippen molar-refractivity contribution in [1.29, 1.82) is 0 Å². The average molecular weight is 441 g/mol. The van der Waals surface area contributed by atoms with Crippen LogP contribution in [0.15, 0.2) is 71.5 Å². The molecule has 168 valence electrons. The molecule has 0 saturated carbocycles. The molecule has 3 aromatic heterocycles. The molecular formula is C27H28N4O2. The van der Waals surface area contributed by atoms with Crippen LogP contribution in [-0.2, 0) is 6.54 Å². The van der Waals surface area contributed by atoms with Crippen LogP contribution in [0.3, 0.4) is 0 Å². The summed E-state index contributed by atoms with van der Waals surface area (Å²) < 4.78 is 11.2. The molecule has 5 rings (SSSR count). The van der Waals surface area contributed by atoms with E-state index < -0.39 is 0 Å². The number of pyridine rings is 1. The largest absolute Gasteiger partial charge is 0.497 e. The van der Waals surface area contributed by atoms with Crippen LogP contribution in [0.5, 0.6) is 5.75 Å². The fourth-order valence-electron chi connectivity index (χ4n) is 4.51. The first-order valence-electron chi connectivity index (χ1n) is 11.4. The minimum Gasteiger partial charge on any atom is -0.497 e. The Bertz CT molecular complexity index is 1210. The summed E-state index contributed by atoms with van der Waals surface area (Å²) in [6.07, 6.45) is 7.62. The van der Waals surface area contributed by atoms with E-state index in [-0.39, 0.29) is 0 Å². The third-order valence-electron chi connectivity index (χ3n) is 6.29. The molecule has 1 aliphatic heterocycles. The van der Waals surface area contributed by atoms with Crippen molar-refractivity contribution in [3.05, 3.63) is 84.3 Å². The van der Waals surface area contributed by atoms with Crippen LogP contribution in [0, 0.1) is 6.92 Å². The van der Waals surface area contributed by atoms with Crippen molar-refractivity contribution in [3.63, 3.8) is 0 Å². The number of piperidine rings is 1. The van der Waals surface area contributed by atoms with Gasteiger partial charge in [0.1, 0.15) is 17.3 Å². The zero-order valence-corrected chi connectivity index (χ0v) is 19.1. The van der Waals surface area contributed by atoms with Crippen LogP contribution >= 0.6 is 0 Å². The van der Waals surface area contributed by atoms with Gasteiger partial charge in [-0.2, -0.15) is 0 Å². The van der Waals surface area contributed by atoms with E-state index in [9.17, 15) is 0 Å². The monoisotopic (exact) mass is 440 g/mol. The number of rotatable bonds is 6. The van der Waals surface area contributed by atoms with E-state index in [0.717, 1.165) is 78.0 Å². The minimum atomic E-state index is 0.365. The lowest BCUT2D eigenvalue weighted by Gasteiger charge is -2.32. The number of hydrogen-bond acceptors (Lipinski definition) is 6. The van der Waals surface area contributed by atoms with Gasteiger partial charge in [-0.1, -0.05) is 12.1 Å². The summed E-state index contributed by atoms with van der Waals surface area (Å²) in [7, 11) is 1.69. The molecule has 0 spiro atoms. The molecule has 33 heavy (non-hydrogen) atoms. The highest BCUT2D eigenvalue weighted by atomic mass is 16.5. The number of methoxy groups -OCH3 is 1. The van der Waals surface area contributed by atoms with Crippen LogP contribution in [0.2, 0.25) is 0 Å². The van der Waals surface area contributed by atoms with E-state index in [4.69, 9.17) is 19.1 Å². The first-order valence-corrected chi connectivity index (χ1v) is 11.4. The second kappa shape index (κ2) is 9.55. The van der Waals surface area contributed by atoms with E-state index >= 15 is 0 Å². The first kappa shape index (κ1) is 21.3. The van der Waals surface area contributed by atoms with Gasteiger partial charge in [0, 0.05) is 35.6 Å². The van der Waals surface area contributed by atoms with E-state index in [1.165, 1.54) is 0 Å². The third kappa shape index (κ3) is 4.81. The van der Waals surface area contributed by atoms with Gasteiger partial charge >= 0.3 is 0 Å². The Hall–Kier alpha value is -3.51.